The molecule has 44 heavy (non-hydrogen) atoms. The summed E-state index contributed by atoms with van der Waals surface area (Å²) in [6.07, 6.45) is 13.0. The zero-order valence-electron chi connectivity index (χ0n) is 24.9. The van der Waals surface area contributed by atoms with Gasteiger partial charge in [-0.15, -0.1) is 0 Å². The number of allylic oxidation sites excluding steroid dienone is 7. The van der Waals surface area contributed by atoms with E-state index in [1.165, 1.54) is 33.1 Å². The Kier molecular flexibility index (Phi) is 6.68. The first kappa shape index (κ1) is 26.4. The Morgan fingerprint density at radius 2 is 1.32 bits per heavy atom. The first-order valence-electron chi connectivity index (χ1n) is 15.6. The summed E-state index contributed by atoms with van der Waals surface area (Å²) >= 11 is 0. The molecule has 1 aliphatic carbocycles. The quantitative estimate of drug-likeness (QED) is 0.208. The molecule has 0 spiro atoms. The number of benzene rings is 5. The van der Waals surface area contributed by atoms with Gasteiger partial charge >= 0.3 is 0 Å². The molecule has 8 rings (SSSR count). The summed E-state index contributed by atoms with van der Waals surface area (Å²) in [4.78, 5) is 5.35. The summed E-state index contributed by atoms with van der Waals surface area (Å²) < 4.78 is 6.53. The number of furan rings is 1. The number of hydrogen-bond acceptors (Lipinski definition) is 2. The summed E-state index contributed by atoms with van der Waals surface area (Å²) in [5.41, 5.74) is 12.7. The Labute approximate surface area is 258 Å². The molecule has 0 unspecified atom stereocenters. The van der Waals surface area contributed by atoms with Crippen molar-refractivity contribution in [3.05, 3.63) is 161 Å². The highest BCUT2D eigenvalue weighted by Gasteiger charge is 2.17. The first-order valence-corrected chi connectivity index (χ1v) is 15.6. The lowest BCUT2D eigenvalue weighted by Crippen LogP contribution is -2.06. The predicted molar refractivity (Wildman–Crippen MR) is 186 cm³/mol. The summed E-state index contributed by atoms with van der Waals surface area (Å²) in [5, 5.41) is 4.77. The lowest BCUT2D eigenvalue weighted by molar-refractivity contribution is 0.669. The molecule has 0 amide bonds. The van der Waals surface area contributed by atoms with E-state index in [-0.39, 0.29) is 0 Å². The van der Waals surface area contributed by atoms with E-state index in [1.807, 2.05) is 0 Å². The minimum atomic E-state index is 0.875. The maximum absolute atomic E-state index is 6.53. The SMILES string of the molecule is C\C1=C(C2=CC=CCC2)/C=C(c2ccccc2)\N=C(\c2ccc3c(c2)oc2cc(-c4ccc5ccccc5c4)ccc23)CC1. The van der Waals surface area contributed by atoms with Crippen LogP contribution in [-0.4, -0.2) is 5.71 Å². The Morgan fingerprint density at radius 1 is 0.614 bits per heavy atom. The molecule has 0 saturated carbocycles. The molecule has 2 aliphatic rings. The van der Waals surface area contributed by atoms with Gasteiger partial charge in [0, 0.05) is 22.0 Å². The lowest BCUT2D eigenvalue weighted by Gasteiger charge is -2.19. The Morgan fingerprint density at radius 3 is 2.11 bits per heavy atom. The second-order valence-corrected chi connectivity index (χ2v) is 11.9. The van der Waals surface area contributed by atoms with E-state index in [0.717, 1.165) is 75.7 Å². The maximum atomic E-state index is 6.53. The van der Waals surface area contributed by atoms with Crippen LogP contribution in [-0.2, 0) is 0 Å². The highest BCUT2D eigenvalue weighted by atomic mass is 16.3. The Hall–Kier alpha value is -5.21. The average Bonchev–Trinajstić information content (AvgIpc) is 3.44. The molecule has 5 aromatic carbocycles. The molecule has 2 heterocycles. The summed E-state index contributed by atoms with van der Waals surface area (Å²) in [6.45, 7) is 2.28. The second-order valence-electron chi connectivity index (χ2n) is 11.9. The largest absolute Gasteiger partial charge is 0.456 e. The fourth-order valence-electron chi connectivity index (χ4n) is 6.60. The van der Waals surface area contributed by atoms with E-state index in [1.54, 1.807) is 0 Å². The standard InChI is InChI=1S/C42H33NO/c1-28-16-23-39(43-40(31-13-6-3-7-14-31)27-38(28)30-11-4-2-5-12-30)35-20-22-37-36-21-19-34(25-41(36)44-42(37)26-35)33-18-17-29-10-8-9-15-32(29)24-33/h2-4,6-11,13-15,17-22,24-27H,5,12,16,23H2,1H3/b38-28-,40-27-,43-39+. The van der Waals surface area contributed by atoms with Crippen LogP contribution in [0.15, 0.2) is 160 Å². The molecule has 0 N–H and O–H groups in total. The van der Waals surface area contributed by atoms with Crippen LogP contribution in [0, 0.1) is 0 Å². The third-order valence-electron chi connectivity index (χ3n) is 9.05. The van der Waals surface area contributed by atoms with E-state index in [0.29, 0.717) is 0 Å². The van der Waals surface area contributed by atoms with E-state index >= 15 is 0 Å². The third-order valence-corrected chi connectivity index (χ3v) is 9.05. The number of aliphatic imine (C=N–C) groups is 1. The van der Waals surface area contributed by atoms with Crippen LogP contribution in [0.4, 0.5) is 0 Å². The lowest BCUT2D eigenvalue weighted by atomic mass is 9.89. The van der Waals surface area contributed by atoms with Gasteiger partial charge in [0.15, 0.2) is 0 Å². The van der Waals surface area contributed by atoms with E-state index in [2.05, 4.69) is 140 Å². The van der Waals surface area contributed by atoms with Gasteiger partial charge in [0.25, 0.3) is 0 Å². The molecule has 0 atom stereocenters. The smallest absolute Gasteiger partial charge is 0.136 e. The van der Waals surface area contributed by atoms with Crippen molar-refractivity contribution in [1.29, 1.82) is 0 Å². The highest BCUT2D eigenvalue weighted by molar-refractivity contribution is 6.10. The van der Waals surface area contributed by atoms with Crippen LogP contribution < -0.4 is 0 Å². The normalized spacial score (nSPS) is 19.7. The minimum Gasteiger partial charge on any atom is -0.456 e. The second kappa shape index (κ2) is 11.1. The Bertz CT molecular complexity index is 2220. The topological polar surface area (TPSA) is 25.5 Å². The van der Waals surface area contributed by atoms with Crippen LogP contribution >= 0.6 is 0 Å². The molecule has 2 heteroatoms. The van der Waals surface area contributed by atoms with E-state index in [9.17, 15) is 0 Å². The molecule has 1 aromatic heterocycles. The number of nitrogens with zero attached hydrogens (tertiary/aromatic N) is 1. The molecule has 1 aliphatic heterocycles. The van der Waals surface area contributed by atoms with Gasteiger partial charge in [0.1, 0.15) is 11.2 Å². The van der Waals surface area contributed by atoms with Gasteiger partial charge in [-0.3, -0.25) is 4.99 Å². The zero-order chi connectivity index (χ0) is 29.5. The first-order chi connectivity index (χ1) is 21.7. The predicted octanol–water partition coefficient (Wildman–Crippen LogP) is 11.6. The monoisotopic (exact) mass is 567 g/mol. The van der Waals surface area contributed by atoms with Gasteiger partial charge in [0.05, 0.1) is 5.70 Å². The molecular weight excluding hydrogens is 534 g/mol. The summed E-state index contributed by atoms with van der Waals surface area (Å²) in [6, 6.07) is 38.9. The molecule has 212 valence electrons. The van der Waals surface area contributed by atoms with Crippen molar-refractivity contribution < 1.29 is 4.42 Å². The van der Waals surface area contributed by atoms with Crippen molar-refractivity contribution >= 4 is 44.1 Å². The fourth-order valence-corrected chi connectivity index (χ4v) is 6.60. The molecule has 0 bridgehead atoms. The van der Waals surface area contributed by atoms with Crippen molar-refractivity contribution in [3.63, 3.8) is 0 Å². The average molecular weight is 568 g/mol. The van der Waals surface area contributed by atoms with Crippen molar-refractivity contribution in [2.75, 3.05) is 0 Å². The summed E-state index contributed by atoms with van der Waals surface area (Å²) in [5.74, 6) is 0. The van der Waals surface area contributed by atoms with Gasteiger partial charge in [-0.25, -0.2) is 0 Å². The van der Waals surface area contributed by atoms with Gasteiger partial charge in [-0.05, 0) is 108 Å². The molecular formula is C42H33NO. The number of fused-ring (bicyclic) bond motifs is 4. The molecule has 6 aromatic rings. The van der Waals surface area contributed by atoms with Gasteiger partial charge in [-0.2, -0.15) is 0 Å². The van der Waals surface area contributed by atoms with E-state index in [4.69, 9.17) is 9.41 Å². The highest BCUT2D eigenvalue weighted by Crippen LogP contribution is 2.36. The van der Waals surface area contributed by atoms with Gasteiger partial charge < -0.3 is 4.42 Å². The van der Waals surface area contributed by atoms with Crippen molar-refractivity contribution in [1.82, 2.24) is 0 Å². The van der Waals surface area contributed by atoms with Gasteiger partial charge in [-0.1, -0.05) is 103 Å². The van der Waals surface area contributed by atoms with Crippen molar-refractivity contribution in [2.45, 2.75) is 32.6 Å². The van der Waals surface area contributed by atoms with E-state index < -0.39 is 0 Å². The van der Waals surface area contributed by atoms with Gasteiger partial charge in [0.2, 0.25) is 0 Å². The third kappa shape index (κ3) is 4.93. The Balaban J connectivity index is 1.20. The zero-order valence-corrected chi connectivity index (χ0v) is 24.9. The number of rotatable bonds is 4. The summed E-state index contributed by atoms with van der Waals surface area (Å²) in [7, 11) is 0. The number of hydrogen-bond donors (Lipinski definition) is 0. The molecule has 0 saturated heterocycles. The molecule has 2 nitrogen and oxygen atoms in total. The van der Waals surface area contributed by atoms with Crippen molar-refractivity contribution in [2.24, 2.45) is 4.99 Å². The maximum Gasteiger partial charge on any atom is 0.136 e. The molecule has 0 radical (unpaired) electrons. The molecule has 0 fully saturated rings. The van der Waals surface area contributed by atoms with Crippen LogP contribution in [0.1, 0.15) is 43.7 Å². The van der Waals surface area contributed by atoms with Crippen LogP contribution in [0.2, 0.25) is 0 Å². The minimum absolute atomic E-state index is 0.875. The van der Waals surface area contributed by atoms with Crippen LogP contribution in [0.25, 0.3) is 49.5 Å². The fraction of sp³-hybridized carbons (Fsp3) is 0.119. The van der Waals surface area contributed by atoms with Crippen LogP contribution in [0.5, 0.6) is 0 Å². The van der Waals surface area contributed by atoms with Crippen LogP contribution in [0.3, 0.4) is 0 Å². The van der Waals surface area contributed by atoms with Crippen molar-refractivity contribution in [3.8, 4) is 11.1 Å².